The van der Waals surface area contributed by atoms with Gasteiger partial charge in [-0.15, -0.1) is 0 Å². The number of phosphoric acid groups is 1. The molecule has 4 unspecified atom stereocenters. The predicted molar refractivity (Wildman–Crippen MR) is 472 cm³/mol. The van der Waals surface area contributed by atoms with Crippen molar-refractivity contribution in [3.8, 4) is 0 Å². The fraction of sp³-hybridized carbons (Fsp3) is 0.980. The summed E-state index contributed by atoms with van der Waals surface area (Å²) in [6.07, 6.45) is 78.6. The number of Topliss-reactive ketones (excluding diaryl/α,β-unsaturated/α-hetero) is 1. The average molecular weight is 1670 g/mol. The van der Waals surface area contributed by atoms with Crippen LogP contribution in [0.5, 0.6) is 0 Å². The van der Waals surface area contributed by atoms with Gasteiger partial charge in [0, 0.05) is 12.3 Å². The monoisotopic (exact) mass is 1670 g/mol. The summed E-state index contributed by atoms with van der Waals surface area (Å²) in [5, 5.41) is 75.6. The van der Waals surface area contributed by atoms with E-state index in [4.69, 9.17) is 18.9 Å². The molecule has 0 aromatic rings. The second kappa shape index (κ2) is 75.2. The van der Waals surface area contributed by atoms with E-state index in [1.165, 1.54) is 405 Å². The Kier molecular flexibility index (Phi) is 70.7. The molecule has 2 heterocycles. The number of unbranched alkanes of at least 4 members (excludes halogenated alkanes) is 65. The van der Waals surface area contributed by atoms with Gasteiger partial charge in [0.2, 0.25) is 0 Å². The second-order valence-corrected chi connectivity index (χ2v) is 38.4. The fourth-order valence-corrected chi connectivity index (χ4v) is 18.5. The van der Waals surface area contributed by atoms with Crippen LogP contribution in [-0.4, -0.2) is 128 Å². The van der Waals surface area contributed by atoms with Crippen LogP contribution < -0.4 is 9.79 Å². The highest BCUT2D eigenvalue weighted by molar-refractivity contribution is 7.43. The molecule has 0 amide bonds. The van der Waals surface area contributed by atoms with Crippen molar-refractivity contribution in [1.82, 2.24) is 0 Å². The molecule has 17 nitrogen and oxygen atoms in total. The molecule has 1 aliphatic carbocycles. The number of esters is 1. The van der Waals surface area contributed by atoms with Crippen molar-refractivity contribution in [3.05, 3.63) is 0 Å². The number of carbonyl (C=O) groups is 2. The van der Waals surface area contributed by atoms with Gasteiger partial charge in [0.1, 0.15) is 61.2 Å². The number of aliphatic hydroxyl groups excluding tert-OH is 7. The molecule has 116 heavy (non-hydrogen) atoms. The van der Waals surface area contributed by atoms with Crippen molar-refractivity contribution in [2.24, 2.45) is 23.7 Å². The third kappa shape index (κ3) is 58.9. The van der Waals surface area contributed by atoms with E-state index in [0.717, 1.165) is 76.0 Å². The van der Waals surface area contributed by atoms with Crippen molar-refractivity contribution >= 4 is 19.6 Å². The molecule has 0 aromatic heterocycles. The molecule has 7 N–H and O–H groups in total. The largest absolute Gasteiger partial charge is 0.790 e. The van der Waals surface area contributed by atoms with E-state index in [0.29, 0.717) is 25.0 Å². The Balaban J connectivity index is 1.14. The molecule has 0 aromatic carbocycles. The number of rotatable bonds is 87. The normalized spacial score (nSPS) is 22.5. The van der Waals surface area contributed by atoms with Gasteiger partial charge in [-0.05, 0) is 43.9 Å². The summed E-state index contributed by atoms with van der Waals surface area (Å²) in [5.41, 5.74) is 0. The van der Waals surface area contributed by atoms with E-state index in [-0.39, 0.29) is 5.92 Å². The van der Waals surface area contributed by atoms with Crippen molar-refractivity contribution in [2.75, 3.05) is 13.2 Å². The summed E-state index contributed by atoms with van der Waals surface area (Å²) in [6, 6.07) is 0. The maximum Gasteiger partial charge on any atom is 0.311 e. The highest BCUT2D eigenvalue weighted by Crippen LogP contribution is 2.46. The van der Waals surface area contributed by atoms with Crippen LogP contribution in [0.4, 0.5) is 0 Å². The quantitative estimate of drug-likeness (QED) is 0.0169. The van der Waals surface area contributed by atoms with Gasteiger partial charge in [0.05, 0.1) is 26.5 Å². The van der Waals surface area contributed by atoms with Crippen LogP contribution in [-0.2, 0) is 37.6 Å². The lowest BCUT2D eigenvalue weighted by Gasteiger charge is -2.45. The zero-order valence-electron chi connectivity index (χ0n) is 75.5. The number of hydrogen-bond donors (Lipinski definition) is 7. The molecule has 2 aliphatic heterocycles. The van der Waals surface area contributed by atoms with Crippen LogP contribution in [0.1, 0.15) is 509 Å². The van der Waals surface area contributed by atoms with Crippen molar-refractivity contribution in [2.45, 2.75) is 576 Å². The van der Waals surface area contributed by atoms with Crippen LogP contribution in [0.15, 0.2) is 0 Å². The molecule has 0 spiro atoms. The van der Waals surface area contributed by atoms with Gasteiger partial charge in [-0.25, -0.2) is 0 Å². The summed E-state index contributed by atoms with van der Waals surface area (Å²) in [7, 11) is -5.53. The van der Waals surface area contributed by atoms with Crippen LogP contribution in [0.3, 0.4) is 0 Å². The molecular formula is C98H187O17P-2. The van der Waals surface area contributed by atoms with Crippen LogP contribution in [0.25, 0.3) is 0 Å². The number of aliphatic hydroxyl groups is 7. The van der Waals surface area contributed by atoms with Gasteiger partial charge in [-0.1, -0.05) is 470 Å². The molecule has 3 rings (SSSR count). The minimum Gasteiger partial charge on any atom is -0.790 e. The molecule has 0 bridgehead atoms. The van der Waals surface area contributed by atoms with Crippen LogP contribution in [0.2, 0.25) is 0 Å². The van der Waals surface area contributed by atoms with Crippen molar-refractivity contribution < 1.29 is 83.2 Å². The minimum absolute atomic E-state index is 0.263. The van der Waals surface area contributed by atoms with Crippen LogP contribution >= 0.6 is 7.82 Å². The number of carbonyl (C=O) groups excluding carboxylic acids is 2. The minimum atomic E-state index is -5.53. The predicted octanol–water partition coefficient (Wildman–Crippen LogP) is 24.1. The average Bonchev–Trinajstić information content (AvgIpc) is 0.973. The van der Waals surface area contributed by atoms with Gasteiger partial charge >= 0.3 is 5.97 Å². The number of hydrogen-bond acceptors (Lipinski definition) is 17. The molecule has 3 fully saturated rings. The van der Waals surface area contributed by atoms with Gasteiger partial charge in [-0.2, -0.15) is 0 Å². The third-order valence-electron chi connectivity index (χ3n) is 26.5. The Bertz CT molecular complexity index is 2230. The SMILES string of the molecule is CCCCCCCCCCCCCCCCCCCCCCCCC(C(=O)OC[C@H]1O[C@H](O[C@H]2O[C@H](COP(=O)([O-])[O-])[C@@H](O)[C@H](O)[C@H]2O)[C@H](O)[C@@H](O)[C@@H]1O)[C@H](O)CCCCCCCCCCCCCCCCCCCC1CC1CCCCCCCCCCCCCCCCC(=O)C(C)CCCCCCCCCCCCCCCCCC. The maximum absolute atomic E-state index is 13.9. The summed E-state index contributed by atoms with van der Waals surface area (Å²) in [6.45, 7) is 5.12. The summed E-state index contributed by atoms with van der Waals surface area (Å²) in [4.78, 5) is 48.9. The van der Waals surface area contributed by atoms with E-state index in [2.05, 4.69) is 25.3 Å². The Morgan fingerprint density at radius 1 is 0.345 bits per heavy atom. The Hall–Kier alpha value is -1.15. The second-order valence-electron chi connectivity index (χ2n) is 37.2. The fourth-order valence-electron chi connectivity index (χ4n) is 18.2. The van der Waals surface area contributed by atoms with Gasteiger partial charge in [0.15, 0.2) is 12.6 Å². The van der Waals surface area contributed by atoms with Gasteiger partial charge in [-0.3, -0.25) is 9.59 Å². The molecule has 0 radical (unpaired) electrons. The molecular weight excluding hydrogens is 1480 g/mol. The zero-order chi connectivity index (χ0) is 84.0. The van der Waals surface area contributed by atoms with Crippen molar-refractivity contribution in [1.29, 1.82) is 0 Å². The smallest absolute Gasteiger partial charge is 0.311 e. The molecule has 15 atom stereocenters. The first-order valence-electron chi connectivity index (χ1n) is 50.6. The first-order valence-corrected chi connectivity index (χ1v) is 52.0. The molecule has 3 aliphatic rings. The highest BCUT2D eigenvalue weighted by atomic mass is 31.2. The topological polar surface area (TPSA) is 285 Å². The summed E-state index contributed by atoms with van der Waals surface area (Å²) in [5.74, 6) is 1.32. The van der Waals surface area contributed by atoms with E-state index in [1.807, 2.05) is 0 Å². The summed E-state index contributed by atoms with van der Waals surface area (Å²) >= 11 is 0. The van der Waals surface area contributed by atoms with E-state index < -0.39 is 100 Å². The van der Waals surface area contributed by atoms with E-state index in [9.17, 15) is 59.7 Å². The lowest BCUT2D eigenvalue weighted by molar-refractivity contribution is -0.379. The zero-order valence-corrected chi connectivity index (χ0v) is 76.4. The first kappa shape index (κ1) is 109. The third-order valence-corrected chi connectivity index (χ3v) is 26.9. The molecule has 1 saturated carbocycles. The Morgan fingerprint density at radius 3 is 0.905 bits per heavy atom. The lowest BCUT2D eigenvalue weighted by atomic mass is 9.91. The van der Waals surface area contributed by atoms with Gasteiger partial charge < -0.3 is 73.6 Å². The molecule has 2 saturated heterocycles. The summed E-state index contributed by atoms with van der Waals surface area (Å²) < 4.78 is 37.7. The molecule has 688 valence electrons. The standard InChI is InChI=1S/C98H189O17P/c1-4-6-8-10-12-14-16-18-20-22-23-24-25-26-29-33-40-46-52-58-64-70-76-85(96(107)111-80-88-90(101)92(103)94(105)97(113-88)115-98-95(106)93(104)91(102)89(114-98)81-112-116(108,109)110)87(100)78-72-66-60-54-48-42-34-30-27-28-32-38-44-50-56-62-68-74-83-79-84(83)75-69-63-57-51-45-39-35-36-41-47-53-59-65-71-77-86(99)82(3)73-67-61-55-49-43-37-31-21-19-17-15-13-11-9-7-5-2/h82-85,87-95,97-98,100-106H,4-81H2,1-3H3,(H2,108,109,110)/p-2/t82?,83?,84?,85?,87-,88-,89-,90-,91-,92+,93+,94-,95-,97-,98-/m1/s1. The van der Waals surface area contributed by atoms with E-state index in [1.54, 1.807) is 0 Å². The molecule has 18 heteroatoms. The number of phosphoric ester groups is 1. The maximum atomic E-state index is 13.9. The Labute approximate surface area is 712 Å². The van der Waals surface area contributed by atoms with Gasteiger partial charge in [0.25, 0.3) is 0 Å². The number of ketones is 1. The Morgan fingerprint density at radius 2 is 0.603 bits per heavy atom. The first-order chi connectivity index (χ1) is 56.5. The van der Waals surface area contributed by atoms with Crippen molar-refractivity contribution in [3.63, 3.8) is 0 Å². The van der Waals surface area contributed by atoms with E-state index >= 15 is 0 Å². The van der Waals surface area contributed by atoms with Crippen LogP contribution in [0, 0.1) is 23.7 Å². The number of ether oxygens (including phenoxy) is 4. The lowest BCUT2D eigenvalue weighted by Crippen LogP contribution is -2.64. The highest BCUT2D eigenvalue weighted by Gasteiger charge is 2.50.